The summed E-state index contributed by atoms with van der Waals surface area (Å²) in [5, 5.41) is 13.7. The quantitative estimate of drug-likeness (QED) is 0.439. The number of nitro groups is 1. The van der Waals surface area contributed by atoms with Crippen LogP contribution >= 0.6 is 0 Å². The molecule has 26 heavy (non-hydrogen) atoms. The number of benzene rings is 2. The van der Waals surface area contributed by atoms with Crippen molar-refractivity contribution in [2.45, 2.75) is 39.7 Å². The zero-order valence-corrected chi connectivity index (χ0v) is 15.3. The molecule has 1 amide bonds. The van der Waals surface area contributed by atoms with E-state index in [2.05, 4.69) is 5.32 Å². The second kappa shape index (κ2) is 8.99. The number of nitro benzene ring substituents is 1. The van der Waals surface area contributed by atoms with Crippen molar-refractivity contribution in [2.24, 2.45) is 0 Å². The molecule has 0 radical (unpaired) electrons. The van der Waals surface area contributed by atoms with Crippen molar-refractivity contribution in [3.05, 3.63) is 69.3 Å². The van der Waals surface area contributed by atoms with Gasteiger partial charge in [-0.3, -0.25) is 14.9 Å². The van der Waals surface area contributed by atoms with Crippen molar-refractivity contribution in [1.29, 1.82) is 0 Å². The number of amides is 1. The fourth-order valence-corrected chi connectivity index (χ4v) is 2.64. The summed E-state index contributed by atoms with van der Waals surface area (Å²) in [6, 6.07) is 12.3. The van der Waals surface area contributed by atoms with E-state index in [1.807, 2.05) is 38.1 Å². The highest BCUT2D eigenvalue weighted by Crippen LogP contribution is 2.19. The number of nitrogens with one attached hydrogen (secondary N) is 1. The first-order valence-electron chi connectivity index (χ1n) is 8.65. The molecular weight excluding hydrogens is 332 g/mol. The molecule has 138 valence electrons. The van der Waals surface area contributed by atoms with Gasteiger partial charge in [0.1, 0.15) is 5.75 Å². The Labute approximate surface area is 153 Å². The molecule has 2 rings (SSSR count). The largest absolute Gasteiger partial charge is 0.491 e. The molecule has 0 aliphatic carbocycles. The van der Waals surface area contributed by atoms with Gasteiger partial charge in [0.25, 0.3) is 11.6 Å². The van der Waals surface area contributed by atoms with Crippen molar-refractivity contribution in [2.75, 3.05) is 6.54 Å². The van der Waals surface area contributed by atoms with Gasteiger partial charge in [-0.25, -0.2) is 0 Å². The number of ether oxygens (including phenoxy) is 1. The smallest absolute Gasteiger partial charge is 0.272 e. The molecule has 1 N–H and O–H groups in total. The number of aryl methyl sites for hydroxylation is 2. The van der Waals surface area contributed by atoms with Gasteiger partial charge in [0.05, 0.1) is 11.0 Å². The first kappa shape index (κ1) is 19.4. The molecule has 0 spiro atoms. The summed E-state index contributed by atoms with van der Waals surface area (Å²) in [4.78, 5) is 22.5. The molecule has 0 atom stereocenters. The predicted molar refractivity (Wildman–Crippen MR) is 101 cm³/mol. The average molecular weight is 356 g/mol. The summed E-state index contributed by atoms with van der Waals surface area (Å²) in [5.74, 6) is 0.628. The monoisotopic (exact) mass is 356 g/mol. The zero-order valence-electron chi connectivity index (χ0n) is 15.3. The minimum absolute atomic E-state index is 0.0186. The molecule has 0 aliphatic rings. The molecule has 0 fully saturated rings. The van der Waals surface area contributed by atoms with Gasteiger partial charge in [-0.1, -0.05) is 12.1 Å². The minimum atomic E-state index is -0.450. The van der Waals surface area contributed by atoms with Crippen LogP contribution in [0, 0.1) is 17.0 Å². The van der Waals surface area contributed by atoms with Gasteiger partial charge in [-0.15, -0.1) is 0 Å². The molecule has 6 heteroatoms. The van der Waals surface area contributed by atoms with Crippen molar-refractivity contribution in [3.63, 3.8) is 0 Å². The molecule has 0 unspecified atom stereocenters. The maximum absolute atomic E-state index is 12.2. The molecule has 6 nitrogen and oxygen atoms in total. The van der Waals surface area contributed by atoms with Crippen molar-refractivity contribution in [1.82, 2.24) is 5.32 Å². The number of nitrogens with zero attached hydrogens (tertiary/aromatic N) is 1. The van der Waals surface area contributed by atoms with E-state index in [-0.39, 0.29) is 17.7 Å². The Morgan fingerprint density at radius 3 is 2.65 bits per heavy atom. The summed E-state index contributed by atoms with van der Waals surface area (Å²) < 4.78 is 5.68. The lowest BCUT2D eigenvalue weighted by molar-refractivity contribution is -0.385. The highest BCUT2D eigenvalue weighted by atomic mass is 16.6. The Morgan fingerprint density at radius 2 is 2.00 bits per heavy atom. The molecule has 0 bridgehead atoms. The zero-order chi connectivity index (χ0) is 19.1. The first-order valence-corrected chi connectivity index (χ1v) is 8.65. The van der Waals surface area contributed by atoms with E-state index in [0.717, 1.165) is 24.2 Å². The van der Waals surface area contributed by atoms with Crippen LogP contribution in [0.2, 0.25) is 0 Å². The molecule has 0 aromatic heterocycles. The average Bonchev–Trinajstić information content (AvgIpc) is 2.58. The van der Waals surface area contributed by atoms with Gasteiger partial charge >= 0.3 is 0 Å². The van der Waals surface area contributed by atoms with Gasteiger partial charge in [0, 0.05) is 23.7 Å². The fraction of sp³-hybridized carbons (Fsp3) is 0.350. The number of hydrogen-bond donors (Lipinski definition) is 1. The van der Waals surface area contributed by atoms with E-state index < -0.39 is 4.92 Å². The number of carbonyl (C=O) groups is 1. The Kier molecular flexibility index (Phi) is 6.72. The molecule has 0 saturated heterocycles. The van der Waals surface area contributed by atoms with Gasteiger partial charge < -0.3 is 10.1 Å². The predicted octanol–water partition coefficient (Wildman–Crippen LogP) is 4.05. The van der Waals surface area contributed by atoms with E-state index in [1.165, 1.54) is 12.1 Å². The maximum atomic E-state index is 12.2. The van der Waals surface area contributed by atoms with Crippen LogP contribution in [0.1, 0.15) is 41.8 Å². The molecule has 0 heterocycles. The lowest BCUT2D eigenvalue weighted by Gasteiger charge is -2.11. The van der Waals surface area contributed by atoms with Crippen LogP contribution in [-0.2, 0) is 6.42 Å². The molecule has 0 saturated carbocycles. The summed E-state index contributed by atoms with van der Waals surface area (Å²) in [5.41, 5.74) is 2.08. The van der Waals surface area contributed by atoms with Crippen LogP contribution < -0.4 is 10.1 Å². The molecule has 0 aliphatic heterocycles. The minimum Gasteiger partial charge on any atom is -0.491 e. The van der Waals surface area contributed by atoms with E-state index in [1.54, 1.807) is 13.0 Å². The van der Waals surface area contributed by atoms with Gasteiger partial charge in [0.15, 0.2) is 0 Å². The van der Waals surface area contributed by atoms with E-state index in [0.29, 0.717) is 17.7 Å². The Hall–Kier alpha value is -2.89. The standard InChI is InChI=1S/C20H24N2O4/c1-14(2)26-18-8-4-6-16(13-18)7-5-11-21-20(23)17-9-10-19(22(24)25)15(3)12-17/h4,6,8-10,12-14H,5,7,11H2,1-3H3,(H,21,23). The lowest BCUT2D eigenvalue weighted by Crippen LogP contribution is -2.24. The summed E-state index contributed by atoms with van der Waals surface area (Å²) in [6.07, 6.45) is 1.76. The number of hydrogen-bond acceptors (Lipinski definition) is 4. The Balaban J connectivity index is 1.83. The van der Waals surface area contributed by atoms with Gasteiger partial charge in [-0.05, 0) is 63.4 Å². The Bertz CT molecular complexity index is 787. The summed E-state index contributed by atoms with van der Waals surface area (Å²) in [6.45, 7) is 6.13. The SMILES string of the molecule is Cc1cc(C(=O)NCCCc2cccc(OC(C)C)c2)ccc1[N+](=O)[O-]. The van der Waals surface area contributed by atoms with E-state index >= 15 is 0 Å². The number of rotatable bonds is 8. The number of carbonyl (C=O) groups excluding carboxylic acids is 1. The van der Waals surface area contributed by atoms with Crippen LogP contribution in [0.15, 0.2) is 42.5 Å². The maximum Gasteiger partial charge on any atom is 0.272 e. The van der Waals surface area contributed by atoms with Gasteiger partial charge in [-0.2, -0.15) is 0 Å². The highest BCUT2D eigenvalue weighted by Gasteiger charge is 2.13. The molecular formula is C20H24N2O4. The molecule has 2 aromatic carbocycles. The van der Waals surface area contributed by atoms with E-state index in [4.69, 9.17) is 4.74 Å². The van der Waals surface area contributed by atoms with Crippen LogP contribution in [0.3, 0.4) is 0 Å². The van der Waals surface area contributed by atoms with Crippen LogP contribution in [0.5, 0.6) is 5.75 Å². The normalized spacial score (nSPS) is 10.6. The highest BCUT2D eigenvalue weighted by molar-refractivity contribution is 5.94. The van der Waals surface area contributed by atoms with Crippen LogP contribution in [-0.4, -0.2) is 23.5 Å². The summed E-state index contributed by atoms with van der Waals surface area (Å²) >= 11 is 0. The second-order valence-corrected chi connectivity index (χ2v) is 6.43. The first-order chi connectivity index (χ1) is 12.4. The third-order valence-electron chi connectivity index (χ3n) is 3.85. The fourth-order valence-electron chi connectivity index (χ4n) is 2.64. The lowest BCUT2D eigenvalue weighted by atomic mass is 10.1. The van der Waals surface area contributed by atoms with E-state index in [9.17, 15) is 14.9 Å². The van der Waals surface area contributed by atoms with Crippen molar-refractivity contribution in [3.8, 4) is 5.75 Å². The summed E-state index contributed by atoms with van der Waals surface area (Å²) in [7, 11) is 0. The molecule has 2 aromatic rings. The van der Waals surface area contributed by atoms with Gasteiger partial charge in [0.2, 0.25) is 0 Å². The van der Waals surface area contributed by atoms with Crippen molar-refractivity contribution >= 4 is 11.6 Å². The van der Waals surface area contributed by atoms with Crippen LogP contribution in [0.25, 0.3) is 0 Å². The third-order valence-corrected chi connectivity index (χ3v) is 3.85. The van der Waals surface area contributed by atoms with Crippen molar-refractivity contribution < 1.29 is 14.5 Å². The topological polar surface area (TPSA) is 81.5 Å². The Morgan fingerprint density at radius 1 is 1.23 bits per heavy atom. The van der Waals surface area contributed by atoms with Crippen LogP contribution in [0.4, 0.5) is 5.69 Å². The second-order valence-electron chi connectivity index (χ2n) is 6.43. The third kappa shape index (κ3) is 5.58.